The van der Waals surface area contributed by atoms with Crippen molar-refractivity contribution in [1.82, 2.24) is 0 Å². The predicted octanol–water partition coefficient (Wildman–Crippen LogP) is 1.95. The van der Waals surface area contributed by atoms with Gasteiger partial charge in [0.2, 0.25) is 0 Å². The van der Waals surface area contributed by atoms with E-state index in [2.05, 4.69) is 0 Å². The van der Waals surface area contributed by atoms with E-state index in [1.807, 2.05) is 38.1 Å². The summed E-state index contributed by atoms with van der Waals surface area (Å²) in [5.41, 5.74) is 0. The molecule has 1 aliphatic rings. The van der Waals surface area contributed by atoms with Gasteiger partial charge in [-0.1, -0.05) is 12.1 Å². The number of benzene rings is 1. The topological polar surface area (TPSA) is 98.8 Å². The molecule has 0 bridgehead atoms. The van der Waals surface area contributed by atoms with Gasteiger partial charge >= 0.3 is 0 Å². The second kappa shape index (κ2) is 24.2. The number of rotatable bonds is 3. The molecule has 1 aromatic carbocycles. The molecule has 0 N–H and O–H groups in total. The lowest BCUT2D eigenvalue weighted by molar-refractivity contribution is -0.122. The largest absolute Gasteiger partial charge is 0.487 e. The fraction of sp³-hybridized carbons (Fsp3) is 0.636. The molecule has 1 aromatic rings. The zero-order valence-corrected chi connectivity index (χ0v) is 18.6. The Morgan fingerprint density at radius 1 is 0.645 bits per heavy atom. The van der Waals surface area contributed by atoms with Gasteiger partial charge < -0.3 is 33.2 Å². The fourth-order valence-electron chi connectivity index (χ4n) is 2.08. The summed E-state index contributed by atoms with van der Waals surface area (Å²) in [6.07, 6.45) is 0.389. The molecule has 0 radical (unpaired) electrons. The van der Waals surface area contributed by atoms with Crippen molar-refractivity contribution in [2.24, 2.45) is 0 Å². The highest BCUT2D eigenvalue weighted by molar-refractivity contribution is 6.09. The Labute approximate surface area is 184 Å². The molecule has 1 heterocycles. The minimum absolute atomic E-state index is 0.194. The van der Waals surface area contributed by atoms with Crippen LogP contribution in [0.15, 0.2) is 24.3 Å². The van der Waals surface area contributed by atoms with Crippen molar-refractivity contribution < 1.29 is 42.7 Å². The lowest BCUT2D eigenvalue weighted by atomic mass is 10.3. The van der Waals surface area contributed by atoms with Crippen LogP contribution >= 0.6 is 0 Å². The van der Waals surface area contributed by atoms with Gasteiger partial charge in [-0.15, -0.1) is 0 Å². The van der Waals surface area contributed by atoms with Crippen molar-refractivity contribution in [3.8, 4) is 11.5 Å². The molecular formula is C22H36O9. The van der Waals surface area contributed by atoms with Crippen LogP contribution in [0.3, 0.4) is 0 Å². The van der Waals surface area contributed by atoms with Crippen molar-refractivity contribution in [2.45, 2.75) is 13.8 Å². The van der Waals surface area contributed by atoms with Crippen LogP contribution < -0.4 is 9.47 Å². The Morgan fingerprint density at radius 3 is 1.23 bits per heavy atom. The number of fused-ring (bicyclic) bond motifs is 1. The second-order valence-electron chi connectivity index (χ2n) is 5.65. The first-order valence-corrected chi connectivity index (χ1v) is 10.4. The highest BCUT2D eigenvalue weighted by Crippen LogP contribution is 2.26. The lowest BCUT2D eigenvalue weighted by Gasteiger charge is -2.13. The van der Waals surface area contributed by atoms with Crippen LogP contribution in [0.5, 0.6) is 11.5 Å². The van der Waals surface area contributed by atoms with E-state index in [1.165, 1.54) is 0 Å². The van der Waals surface area contributed by atoms with E-state index < -0.39 is 0 Å². The number of hydrogen-bond donors (Lipinski definition) is 0. The minimum atomic E-state index is 0.194. The van der Waals surface area contributed by atoms with Crippen molar-refractivity contribution >= 4 is 12.6 Å². The molecule has 0 fully saturated rings. The Bertz CT molecular complexity index is 480. The number of hydrogen-bond acceptors (Lipinski definition) is 9. The summed E-state index contributed by atoms with van der Waals surface area (Å²) in [5, 5.41) is 0. The molecule has 0 amide bonds. The van der Waals surface area contributed by atoms with Gasteiger partial charge in [0.05, 0.1) is 52.9 Å². The summed E-state index contributed by atoms with van der Waals surface area (Å²) in [5.74, 6) is 1.43. The Kier molecular flexibility index (Phi) is 22.6. The highest BCUT2D eigenvalue weighted by atomic mass is 16.6. The quantitative estimate of drug-likeness (QED) is 0.512. The van der Waals surface area contributed by atoms with Crippen molar-refractivity contribution in [3.05, 3.63) is 24.3 Å². The first kappa shape index (κ1) is 29.0. The van der Waals surface area contributed by atoms with Crippen LogP contribution in [0.25, 0.3) is 0 Å². The van der Waals surface area contributed by atoms with E-state index in [-0.39, 0.29) is 12.6 Å². The first-order chi connectivity index (χ1) is 15.3. The number of carbonyl (C=O) groups is 2. The average Bonchev–Trinajstić information content (AvgIpc) is 2.80. The molecule has 0 saturated carbocycles. The van der Waals surface area contributed by atoms with E-state index in [0.29, 0.717) is 77.6 Å². The third-order valence-corrected chi connectivity index (χ3v) is 3.40. The Balaban J connectivity index is 0.000000846. The van der Waals surface area contributed by atoms with Gasteiger partial charge in [0.15, 0.2) is 24.1 Å². The molecular weight excluding hydrogens is 408 g/mol. The molecule has 0 unspecified atom stereocenters. The maximum Gasteiger partial charge on any atom is 0.182 e. The van der Waals surface area contributed by atoms with Crippen LogP contribution in [-0.2, 0) is 33.3 Å². The maximum atomic E-state index is 8.81. The van der Waals surface area contributed by atoms with E-state index in [1.54, 1.807) is 0 Å². The van der Waals surface area contributed by atoms with E-state index in [4.69, 9.17) is 42.7 Å². The predicted molar refractivity (Wildman–Crippen MR) is 115 cm³/mol. The number of ether oxygens (including phenoxy) is 7. The van der Waals surface area contributed by atoms with Gasteiger partial charge in [0.25, 0.3) is 0 Å². The Morgan fingerprint density at radius 2 is 0.968 bits per heavy atom. The summed E-state index contributed by atoms with van der Waals surface area (Å²) in [6, 6.07) is 7.59. The van der Waals surface area contributed by atoms with Crippen molar-refractivity contribution in [3.63, 3.8) is 0 Å². The van der Waals surface area contributed by atoms with Crippen LogP contribution in [0.4, 0.5) is 0 Å². The van der Waals surface area contributed by atoms with Gasteiger partial charge in [-0.05, 0) is 26.0 Å². The number of aldehydes is 2. The summed E-state index contributed by atoms with van der Waals surface area (Å²) in [7, 11) is 0. The molecule has 31 heavy (non-hydrogen) atoms. The summed E-state index contributed by atoms with van der Waals surface area (Å²) >= 11 is 0. The molecule has 0 aromatic heterocycles. The zero-order valence-electron chi connectivity index (χ0n) is 18.6. The molecule has 0 atom stereocenters. The van der Waals surface area contributed by atoms with Crippen LogP contribution in [-0.4, -0.2) is 91.9 Å². The molecule has 1 aliphatic heterocycles. The van der Waals surface area contributed by atoms with E-state index >= 15 is 0 Å². The average molecular weight is 445 g/mol. The molecule has 9 nitrogen and oxygen atoms in total. The van der Waals surface area contributed by atoms with Gasteiger partial charge in [-0.25, -0.2) is 0 Å². The van der Waals surface area contributed by atoms with Crippen molar-refractivity contribution in [2.75, 3.05) is 79.3 Å². The summed E-state index contributed by atoms with van der Waals surface area (Å²) in [6.45, 7) is 11.0. The van der Waals surface area contributed by atoms with E-state index in [0.717, 1.165) is 13.2 Å². The minimum Gasteiger partial charge on any atom is -0.487 e. The molecule has 0 aliphatic carbocycles. The van der Waals surface area contributed by atoms with Gasteiger partial charge in [0.1, 0.15) is 13.2 Å². The zero-order chi connectivity index (χ0) is 22.8. The number of carbonyl (C=O) groups excluding carboxylic acids is 2. The monoisotopic (exact) mass is 444 g/mol. The van der Waals surface area contributed by atoms with Gasteiger partial charge in [-0.3, -0.25) is 9.59 Å². The Hall–Kier alpha value is -2.04. The third kappa shape index (κ3) is 19.7. The van der Waals surface area contributed by atoms with E-state index in [9.17, 15) is 0 Å². The molecule has 178 valence electrons. The molecule has 0 saturated heterocycles. The van der Waals surface area contributed by atoms with Crippen LogP contribution in [0, 0.1) is 0 Å². The summed E-state index contributed by atoms with van der Waals surface area (Å²) in [4.78, 5) is 17.6. The normalized spacial score (nSPS) is 16.1. The molecule has 9 heteroatoms. The number of para-hydroxylation sites is 2. The second-order valence-corrected chi connectivity index (χ2v) is 5.65. The molecule has 0 spiro atoms. The first-order valence-electron chi connectivity index (χ1n) is 10.4. The lowest BCUT2D eigenvalue weighted by Crippen LogP contribution is -2.15. The smallest absolute Gasteiger partial charge is 0.182 e. The standard InChI is InChI=1S/C16H24O6.C4H10O.C2H2O2/c1-2-4-16-15(3-1)21-13-11-19-9-7-17-5-6-18-8-10-20-12-14-22-16;1-3-5-4-2;3-1-2-4/h1-4H,5-14H2;3-4H2,1-2H3;1-2H. The highest BCUT2D eigenvalue weighted by Gasteiger charge is 2.04. The van der Waals surface area contributed by atoms with Crippen LogP contribution in [0.1, 0.15) is 13.8 Å². The maximum absolute atomic E-state index is 8.81. The van der Waals surface area contributed by atoms with Crippen LogP contribution in [0.2, 0.25) is 0 Å². The molecule has 2 rings (SSSR count). The summed E-state index contributed by atoms with van der Waals surface area (Å²) < 4.78 is 37.8. The van der Waals surface area contributed by atoms with Gasteiger partial charge in [0, 0.05) is 13.2 Å². The fourth-order valence-corrected chi connectivity index (χ4v) is 2.08. The SMILES string of the molecule is CCOCC.O=CC=O.c1ccc2c(c1)OCCOCCOCCOCCOCCO2. The third-order valence-electron chi connectivity index (χ3n) is 3.40. The van der Waals surface area contributed by atoms with Gasteiger partial charge in [-0.2, -0.15) is 0 Å². The van der Waals surface area contributed by atoms with Crippen molar-refractivity contribution in [1.29, 1.82) is 0 Å².